The van der Waals surface area contributed by atoms with Crippen molar-refractivity contribution in [2.75, 3.05) is 66.5 Å². The van der Waals surface area contributed by atoms with Gasteiger partial charge in [0.15, 0.2) is 0 Å². The van der Waals surface area contributed by atoms with Gasteiger partial charge in [0.2, 0.25) is 0 Å². The van der Waals surface area contributed by atoms with E-state index in [2.05, 4.69) is 83.9 Å². The number of benzene rings is 2. The number of nitrogens with zero attached hydrogens (tertiary/aromatic N) is 4. The van der Waals surface area contributed by atoms with Crippen LogP contribution in [0.2, 0.25) is 0 Å². The van der Waals surface area contributed by atoms with Crippen LogP contribution in [0.3, 0.4) is 0 Å². The maximum Gasteiger partial charge on any atom is 0.0237 e. The Labute approximate surface area is 202 Å². The Bertz CT molecular complexity index is 891. The minimum absolute atomic E-state index is 1.07. The zero-order valence-electron chi connectivity index (χ0n) is 21.4. The van der Waals surface area contributed by atoms with Crippen molar-refractivity contribution in [3.63, 3.8) is 0 Å². The van der Waals surface area contributed by atoms with Gasteiger partial charge in [-0.1, -0.05) is 36.4 Å². The summed E-state index contributed by atoms with van der Waals surface area (Å²) in [5, 5.41) is 0. The zero-order chi connectivity index (χ0) is 23.2. The van der Waals surface area contributed by atoms with Crippen LogP contribution >= 0.6 is 0 Å². The van der Waals surface area contributed by atoms with E-state index < -0.39 is 0 Å². The molecule has 2 aliphatic heterocycles. The monoisotopic (exact) mass is 448 g/mol. The average Bonchev–Trinajstić information content (AvgIpc) is 3.01. The van der Waals surface area contributed by atoms with E-state index in [-0.39, 0.29) is 0 Å². The Morgan fingerprint density at radius 2 is 1.18 bits per heavy atom. The zero-order valence-corrected chi connectivity index (χ0v) is 21.4. The lowest BCUT2D eigenvalue weighted by Crippen LogP contribution is -2.36. The SMILES string of the molecule is Cc1c(CN2CCCCN(C)CC2)ccc(-c2ccc(CN3CCCN(C)CC3)cc2)c1C. The summed E-state index contributed by atoms with van der Waals surface area (Å²) in [5.41, 5.74) is 8.53. The minimum atomic E-state index is 1.07. The van der Waals surface area contributed by atoms with Gasteiger partial charge in [-0.3, -0.25) is 9.80 Å². The molecule has 0 saturated carbocycles. The minimum Gasteiger partial charge on any atom is -0.305 e. The van der Waals surface area contributed by atoms with Crippen molar-refractivity contribution in [1.82, 2.24) is 19.6 Å². The Kier molecular flexibility index (Phi) is 8.59. The van der Waals surface area contributed by atoms with Crippen molar-refractivity contribution in [2.45, 2.75) is 46.2 Å². The number of hydrogen-bond acceptors (Lipinski definition) is 4. The first-order valence-electron chi connectivity index (χ1n) is 13.0. The van der Waals surface area contributed by atoms with E-state index in [9.17, 15) is 0 Å². The average molecular weight is 449 g/mol. The number of hydrogen-bond donors (Lipinski definition) is 0. The van der Waals surface area contributed by atoms with Crippen LogP contribution in [0.5, 0.6) is 0 Å². The molecule has 0 unspecified atom stereocenters. The van der Waals surface area contributed by atoms with Gasteiger partial charge >= 0.3 is 0 Å². The molecule has 2 aromatic rings. The third kappa shape index (κ3) is 6.66. The molecule has 0 N–H and O–H groups in total. The molecule has 0 amide bonds. The maximum atomic E-state index is 2.65. The second-order valence-electron chi connectivity index (χ2n) is 10.4. The van der Waals surface area contributed by atoms with Crippen LogP contribution in [0.25, 0.3) is 11.1 Å². The summed E-state index contributed by atoms with van der Waals surface area (Å²) in [6.07, 6.45) is 3.89. The van der Waals surface area contributed by atoms with Crippen molar-refractivity contribution >= 4 is 0 Å². The molecule has 4 heteroatoms. The van der Waals surface area contributed by atoms with E-state index in [0.29, 0.717) is 0 Å². The first-order chi connectivity index (χ1) is 16.0. The van der Waals surface area contributed by atoms with Crippen LogP contribution in [0.15, 0.2) is 36.4 Å². The maximum absolute atomic E-state index is 2.65. The van der Waals surface area contributed by atoms with Gasteiger partial charge < -0.3 is 9.80 Å². The smallest absolute Gasteiger partial charge is 0.0237 e. The molecule has 2 aromatic carbocycles. The molecule has 4 rings (SSSR count). The van der Waals surface area contributed by atoms with Gasteiger partial charge in [0.05, 0.1) is 0 Å². The number of rotatable bonds is 5. The van der Waals surface area contributed by atoms with Crippen molar-refractivity contribution < 1.29 is 0 Å². The molecule has 0 radical (unpaired) electrons. The fourth-order valence-electron chi connectivity index (χ4n) is 5.32. The molecule has 2 aliphatic rings. The second kappa shape index (κ2) is 11.6. The van der Waals surface area contributed by atoms with E-state index in [1.54, 1.807) is 0 Å². The summed E-state index contributed by atoms with van der Waals surface area (Å²) in [7, 11) is 4.49. The third-order valence-corrected chi connectivity index (χ3v) is 7.84. The molecule has 180 valence electrons. The van der Waals surface area contributed by atoms with Gasteiger partial charge in [-0.05, 0) is 107 Å². The summed E-state index contributed by atoms with van der Waals surface area (Å²) < 4.78 is 0. The molecule has 2 heterocycles. The highest BCUT2D eigenvalue weighted by Crippen LogP contribution is 2.29. The van der Waals surface area contributed by atoms with E-state index >= 15 is 0 Å². The lowest BCUT2D eigenvalue weighted by molar-refractivity contribution is 0.188. The normalized spacial score (nSPS) is 20.4. The Balaban J connectivity index is 1.42. The summed E-state index contributed by atoms with van der Waals surface area (Å²) in [5.74, 6) is 0. The van der Waals surface area contributed by atoms with Crippen molar-refractivity contribution in [2.24, 2.45) is 0 Å². The van der Waals surface area contributed by atoms with E-state index in [1.165, 1.54) is 105 Å². The molecule has 33 heavy (non-hydrogen) atoms. The topological polar surface area (TPSA) is 13.0 Å². The van der Waals surface area contributed by atoms with Gasteiger partial charge in [-0.15, -0.1) is 0 Å². The van der Waals surface area contributed by atoms with E-state index in [0.717, 1.165) is 13.1 Å². The second-order valence-corrected chi connectivity index (χ2v) is 10.4. The third-order valence-electron chi connectivity index (χ3n) is 7.84. The van der Waals surface area contributed by atoms with Crippen LogP contribution in [0, 0.1) is 13.8 Å². The number of likely N-dealkylation sites (N-methyl/N-ethyl adjacent to an activating group) is 2. The quantitative estimate of drug-likeness (QED) is 0.661. The highest BCUT2D eigenvalue weighted by atomic mass is 15.2. The first kappa shape index (κ1) is 24.4. The summed E-state index contributed by atoms with van der Waals surface area (Å²) in [4.78, 5) is 10.2. The predicted molar refractivity (Wildman–Crippen MR) is 141 cm³/mol. The predicted octanol–water partition coefficient (Wildman–Crippen LogP) is 4.64. The van der Waals surface area contributed by atoms with E-state index in [1.807, 2.05) is 0 Å². The largest absolute Gasteiger partial charge is 0.305 e. The standard InChI is InChI=1S/C29H44N4/c1-24-25(2)29(13-12-28(24)23-33-16-6-5-14-30(3)19-21-33)27-10-8-26(9-11-27)22-32-17-7-15-31(4)18-20-32/h8-13H,5-7,14-23H2,1-4H3. The van der Waals surface area contributed by atoms with E-state index in [4.69, 9.17) is 0 Å². The van der Waals surface area contributed by atoms with Crippen molar-refractivity contribution in [3.8, 4) is 11.1 Å². The summed E-state index contributed by atoms with van der Waals surface area (Å²) in [6.45, 7) is 16.4. The van der Waals surface area contributed by atoms with Crippen LogP contribution in [-0.2, 0) is 13.1 Å². The van der Waals surface area contributed by atoms with Crippen molar-refractivity contribution in [1.29, 1.82) is 0 Å². The Hall–Kier alpha value is -1.72. The molecule has 2 fully saturated rings. The van der Waals surface area contributed by atoms with Crippen LogP contribution < -0.4 is 0 Å². The fraction of sp³-hybridized carbons (Fsp3) is 0.586. The molecule has 2 saturated heterocycles. The van der Waals surface area contributed by atoms with Gasteiger partial charge in [-0.2, -0.15) is 0 Å². The van der Waals surface area contributed by atoms with Gasteiger partial charge in [0.25, 0.3) is 0 Å². The molecule has 0 aromatic heterocycles. The van der Waals surface area contributed by atoms with Gasteiger partial charge in [-0.25, -0.2) is 0 Å². The molecule has 0 atom stereocenters. The first-order valence-corrected chi connectivity index (χ1v) is 13.0. The molecule has 4 nitrogen and oxygen atoms in total. The highest BCUT2D eigenvalue weighted by molar-refractivity contribution is 5.69. The summed E-state index contributed by atoms with van der Waals surface area (Å²) >= 11 is 0. The van der Waals surface area contributed by atoms with Crippen LogP contribution in [0.1, 0.15) is 41.5 Å². The van der Waals surface area contributed by atoms with Crippen molar-refractivity contribution in [3.05, 3.63) is 58.7 Å². The Morgan fingerprint density at radius 3 is 1.91 bits per heavy atom. The highest BCUT2D eigenvalue weighted by Gasteiger charge is 2.15. The molecular weight excluding hydrogens is 404 g/mol. The van der Waals surface area contributed by atoms with Crippen LogP contribution in [-0.4, -0.2) is 86.1 Å². The molecule has 0 bridgehead atoms. The van der Waals surface area contributed by atoms with Crippen LogP contribution in [0.4, 0.5) is 0 Å². The molecular formula is C29H44N4. The summed E-state index contributed by atoms with van der Waals surface area (Å²) in [6, 6.07) is 14.1. The lowest BCUT2D eigenvalue weighted by Gasteiger charge is -2.29. The molecule has 0 spiro atoms. The Morgan fingerprint density at radius 1 is 0.576 bits per heavy atom. The van der Waals surface area contributed by atoms with Gasteiger partial charge in [0, 0.05) is 39.3 Å². The molecule has 0 aliphatic carbocycles. The van der Waals surface area contributed by atoms with Gasteiger partial charge in [0.1, 0.15) is 0 Å². The lowest BCUT2D eigenvalue weighted by atomic mass is 9.93. The fourth-order valence-corrected chi connectivity index (χ4v) is 5.32.